The molecule has 2 aromatic rings. The Balaban J connectivity index is 1.97. The van der Waals surface area contributed by atoms with Crippen molar-refractivity contribution in [1.82, 2.24) is 0 Å². The molecule has 3 nitrogen and oxygen atoms in total. The Morgan fingerprint density at radius 1 is 1.24 bits per heavy atom. The standard InChI is InChI=1S/C22H26O3/c1-15(2)11-19-21(3,4)22(19,20(23)24-5)17-13-18(25-14-17)12-16-9-7-6-8-10-16/h6-11,13-14,19H,12H2,1-5H3/t19-,22+/m1/s1. The van der Waals surface area contributed by atoms with E-state index in [-0.39, 0.29) is 17.3 Å². The van der Waals surface area contributed by atoms with Crippen molar-refractivity contribution in [2.75, 3.05) is 7.11 Å². The van der Waals surface area contributed by atoms with Crippen LogP contribution >= 0.6 is 0 Å². The lowest BCUT2D eigenvalue weighted by atomic mass is 9.89. The molecule has 1 aromatic heterocycles. The Morgan fingerprint density at radius 2 is 1.92 bits per heavy atom. The number of furan rings is 1. The lowest BCUT2D eigenvalue weighted by molar-refractivity contribution is -0.145. The van der Waals surface area contributed by atoms with Crippen molar-refractivity contribution >= 4 is 5.97 Å². The zero-order valence-electron chi connectivity index (χ0n) is 15.6. The van der Waals surface area contributed by atoms with Crippen LogP contribution in [0.15, 0.2) is 58.7 Å². The largest absolute Gasteiger partial charge is 0.469 e. The van der Waals surface area contributed by atoms with Crippen LogP contribution < -0.4 is 0 Å². The molecule has 132 valence electrons. The van der Waals surface area contributed by atoms with Gasteiger partial charge in [-0.3, -0.25) is 4.79 Å². The number of esters is 1. The molecule has 1 heterocycles. The second-order valence-electron chi connectivity index (χ2n) is 7.71. The summed E-state index contributed by atoms with van der Waals surface area (Å²) in [4.78, 5) is 12.8. The number of ether oxygens (including phenoxy) is 1. The van der Waals surface area contributed by atoms with Gasteiger partial charge in [0.1, 0.15) is 11.2 Å². The minimum atomic E-state index is -0.669. The van der Waals surface area contributed by atoms with Crippen molar-refractivity contribution in [2.24, 2.45) is 11.3 Å². The third-order valence-corrected chi connectivity index (χ3v) is 5.51. The maximum atomic E-state index is 12.8. The van der Waals surface area contributed by atoms with Gasteiger partial charge in [-0.1, -0.05) is 55.8 Å². The van der Waals surface area contributed by atoms with Crippen LogP contribution in [0.5, 0.6) is 0 Å². The van der Waals surface area contributed by atoms with E-state index in [1.165, 1.54) is 18.2 Å². The summed E-state index contributed by atoms with van der Waals surface area (Å²) in [5.74, 6) is 0.787. The average Bonchev–Trinajstić information content (AvgIpc) is 2.89. The van der Waals surface area contributed by atoms with Crippen molar-refractivity contribution in [3.05, 3.63) is 71.2 Å². The van der Waals surface area contributed by atoms with E-state index in [2.05, 4.69) is 45.9 Å². The Bertz CT molecular complexity index is 794. The van der Waals surface area contributed by atoms with Crippen molar-refractivity contribution < 1.29 is 13.9 Å². The van der Waals surface area contributed by atoms with Crippen LogP contribution in [0.1, 0.15) is 44.6 Å². The lowest BCUT2D eigenvalue weighted by Gasteiger charge is -2.16. The normalized spacial score (nSPS) is 23.8. The topological polar surface area (TPSA) is 39.4 Å². The molecule has 0 aliphatic heterocycles. The van der Waals surface area contributed by atoms with E-state index in [1.807, 2.05) is 24.3 Å². The molecule has 0 N–H and O–H groups in total. The third-order valence-electron chi connectivity index (χ3n) is 5.51. The molecule has 3 rings (SSSR count). The molecule has 0 bridgehead atoms. The average molecular weight is 338 g/mol. The van der Waals surface area contributed by atoms with Gasteiger partial charge in [0.05, 0.1) is 13.4 Å². The van der Waals surface area contributed by atoms with E-state index >= 15 is 0 Å². The molecule has 1 saturated carbocycles. The van der Waals surface area contributed by atoms with Gasteiger partial charge in [0, 0.05) is 17.9 Å². The van der Waals surface area contributed by atoms with Crippen LogP contribution in [0.2, 0.25) is 0 Å². The van der Waals surface area contributed by atoms with Gasteiger partial charge in [-0.2, -0.15) is 0 Å². The highest BCUT2D eigenvalue weighted by Crippen LogP contribution is 2.71. The van der Waals surface area contributed by atoms with Gasteiger partial charge < -0.3 is 9.15 Å². The molecule has 2 atom stereocenters. The molecule has 0 amide bonds. The van der Waals surface area contributed by atoms with Gasteiger partial charge in [-0.25, -0.2) is 0 Å². The quantitative estimate of drug-likeness (QED) is 0.575. The fourth-order valence-electron chi connectivity index (χ4n) is 4.17. The number of hydrogen-bond donors (Lipinski definition) is 0. The molecule has 0 spiro atoms. The van der Waals surface area contributed by atoms with Gasteiger partial charge in [0.25, 0.3) is 0 Å². The van der Waals surface area contributed by atoms with Crippen molar-refractivity contribution in [3.63, 3.8) is 0 Å². The summed E-state index contributed by atoms with van der Waals surface area (Å²) in [6.45, 7) is 8.37. The van der Waals surface area contributed by atoms with Gasteiger partial charge in [0.15, 0.2) is 0 Å². The van der Waals surface area contributed by atoms with Gasteiger partial charge >= 0.3 is 5.97 Å². The van der Waals surface area contributed by atoms with E-state index in [9.17, 15) is 4.79 Å². The molecule has 1 aromatic carbocycles. The van der Waals surface area contributed by atoms with E-state index in [1.54, 1.807) is 6.26 Å². The van der Waals surface area contributed by atoms with E-state index in [0.29, 0.717) is 6.42 Å². The second kappa shape index (κ2) is 6.21. The van der Waals surface area contributed by atoms with Crippen molar-refractivity contribution in [1.29, 1.82) is 0 Å². The molecular weight excluding hydrogens is 312 g/mol. The SMILES string of the molecule is COC(=O)[C@]1(c2coc(Cc3ccccc3)c2)[C@H](C=C(C)C)C1(C)C. The highest BCUT2D eigenvalue weighted by molar-refractivity contribution is 5.90. The Kier molecular flexibility index (Phi) is 4.36. The second-order valence-corrected chi connectivity index (χ2v) is 7.71. The summed E-state index contributed by atoms with van der Waals surface area (Å²) in [6.07, 6.45) is 4.63. The molecule has 0 radical (unpaired) electrons. The smallest absolute Gasteiger partial charge is 0.317 e. The highest BCUT2D eigenvalue weighted by Gasteiger charge is 2.76. The maximum Gasteiger partial charge on any atom is 0.317 e. The molecule has 1 aliphatic carbocycles. The van der Waals surface area contributed by atoms with Crippen LogP contribution in [-0.4, -0.2) is 13.1 Å². The fourth-order valence-corrected chi connectivity index (χ4v) is 4.17. The minimum absolute atomic E-state index is 0.111. The maximum absolute atomic E-state index is 12.8. The molecule has 1 aliphatic rings. The summed E-state index contributed by atoms with van der Waals surface area (Å²) in [7, 11) is 1.46. The number of rotatable bonds is 5. The van der Waals surface area contributed by atoms with Gasteiger partial charge in [0.2, 0.25) is 0 Å². The summed E-state index contributed by atoms with van der Waals surface area (Å²) in [5.41, 5.74) is 2.43. The first-order valence-electron chi connectivity index (χ1n) is 8.69. The number of carbonyl (C=O) groups excluding carboxylic acids is 1. The Labute approximate surface area is 149 Å². The van der Waals surface area contributed by atoms with E-state index < -0.39 is 5.41 Å². The lowest BCUT2D eigenvalue weighted by Crippen LogP contribution is -2.27. The molecular formula is C22H26O3. The Hall–Kier alpha value is -2.29. The molecule has 0 unspecified atom stereocenters. The number of hydrogen-bond acceptors (Lipinski definition) is 3. The molecule has 3 heteroatoms. The predicted molar refractivity (Wildman–Crippen MR) is 98.4 cm³/mol. The molecule has 1 fully saturated rings. The number of carbonyl (C=O) groups is 1. The van der Waals surface area contributed by atoms with E-state index in [4.69, 9.17) is 9.15 Å². The van der Waals surface area contributed by atoms with Crippen LogP contribution in [-0.2, 0) is 21.4 Å². The van der Waals surface area contributed by atoms with Crippen LogP contribution in [0.3, 0.4) is 0 Å². The highest BCUT2D eigenvalue weighted by atomic mass is 16.5. The zero-order chi connectivity index (χ0) is 18.2. The summed E-state index contributed by atoms with van der Waals surface area (Å²) < 4.78 is 11.0. The monoisotopic (exact) mass is 338 g/mol. The first kappa shape index (κ1) is 17.5. The zero-order valence-corrected chi connectivity index (χ0v) is 15.6. The van der Waals surface area contributed by atoms with Gasteiger partial charge in [-0.05, 0) is 30.9 Å². The number of benzene rings is 1. The first-order valence-corrected chi connectivity index (χ1v) is 8.69. The van der Waals surface area contributed by atoms with Crippen LogP contribution in [0, 0.1) is 11.3 Å². The minimum Gasteiger partial charge on any atom is -0.469 e. The molecule has 0 saturated heterocycles. The third kappa shape index (κ3) is 2.72. The Morgan fingerprint density at radius 3 is 2.52 bits per heavy atom. The van der Waals surface area contributed by atoms with Crippen molar-refractivity contribution in [2.45, 2.75) is 39.5 Å². The molecule has 25 heavy (non-hydrogen) atoms. The summed E-state index contributed by atoms with van der Waals surface area (Å²) >= 11 is 0. The summed E-state index contributed by atoms with van der Waals surface area (Å²) in [5, 5.41) is 0. The number of allylic oxidation sites excluding steroid dienone is 2. The van der Waals surface area contributed by atoms with Crippen LogP contribution in [0.4, 0.5) is 0 Å². The summed E-state index contributed by atoms with van der Waals surface area (Å²) in [6, 6.07) is 12.2. The first-order chi connectivity index (χ1) is 11.8. The van der Waals surface area contributed by atoms with E-state index in [0.717, 1.165) is 11.3 Å². The van der Waals surface area contributed by atoms with Crippen LogP contribution in [0.25, 0.3) is 0 Å². The predicted octanol–water partition coefficient (Wildman–Crippen LogP) is 4.90. The fraction of sp³-hybridized carbons (Fsp3) is 0.409. The van der Waals surface area contributed by atoms with Gasteiger partial charge in [-0.15, -0.1) is 0 Å². The van der Waals surface area contributed by atoms with Crippen molar-refractivity contribution in [3.8, 4) is 0 Å². The number of methoxy groups -OCH3 is 1.